The lowest BCUT2D eigenvalue weighted by atomic mass is 10.1. The van der Waals surface area contributed by atoms with Crippen LogP contribution in [0.3, 0.4) is 0 Å². The molecule has 3 rings (SSSR count). The van der Waals surface area contributed by atoms with Gasteiger partial charge in [-0.15, -0.1) is 5.10 Å². The minimum atomic E-state index is -0.298. The Morgan fingerprint density at radius 1 is 1.39 bits per heavy atom. The van der Waals surface area contributed by atoms with Crippen molar-refractivity contribution in [1.29, 1.82) is 0 Å². The fraction of sp³-hybridized carbons (Fsp3) is 0.375. The van der Waals surface area contributed by atoms with E-state index >= 15 is 0 Å². The number of carbonyl (C=O) groups is 2. The molecule has 120 valence electrons. The summed E-state index contributed by atoms with van der Waals surface area (Å²) in [6, 6.07) is 9.92. The smallest absolute Gasteiger partial charge is 0.276 e. The van der Waals surface area contributed by atoms with Gasteiger partial charge in [0.15, 0.2) is 11.4 Å². The Labute approximate surface area is 134 Å². The molecule has 1 aromatic heterocycles. The summed E-state index contributed by atoms with van der Waals surface area (Å²) in [6.07, 6.45) is 0.746. The van der Waals surface area contributed by atoms with Gasteiger partial charge in [-0.05, 0) is 18.9 Å². The lowest BCUT2D eigenvalue weighted by molar-refractivity contribution is 0.0778. The SMILES string of the molecule is C[C@H]1Cn2nnc(C(=O)N(C)CCc3ccccc3)c2C(=O)N1. The van der Waals surface area contributed by atoms with Gasteiger partial charge in [-0.2, -0.15) is 0 Å². The minimum Gasteiger partial charge on any atom is -0.346 e. The highest BCUT2D eigenvalue weighted by Gasteiger charge is 2.31. The highest BCUT2D eigenvalue weighted by Crippen LogP contribution is 2.13. The lowest BCUT2D eigenvalue weighted by Crippen LogP contribution is -2.43. The van der Waals surface area contributed by atoms with Crippen LogP contribution in [0.4, 0.5) is 0 Å². The number of nitrogens with zero attached hydrogens (tertiary/aromatic N) is 4. The number of rotatable bonds is 4. The minimum absolute atomic E-state index is 0.0181. The molecule has 7 heteroatoms. The molecule has 23 heavy (non-hydrogen) atoms. The van der Waals surface area contributed by atoms with Crippen molar-refractivity contribution in [3.05, 3.63) is 47.3 Å². The fourth-order valence-electron chi connectivity index (χ4n) is 2.63. The van der Waals surface area contributed by atoms with Crippen LogP contribution in [0.2, 0.25) is 0 Å². The molecule has 2 amide bonds. The van der Waals surface area contributed by atoms with Crippen LogP contribution < -0.4 is 5.32 Å². The van der Waals surface area contributed by atoms with Crippen LogP contribution in [0.1, 0.15) is 33.5 Å². The summed E-state index contributed by atoms with van der Waals surface area (Å²) in [4.78, 5) is 26.2. The standard InChI is InChI=1S/C16H19N5O2/c1-11-10-21-14(15(22)17-11)13(18-19-21)16(23)20(2)9-8-12-6-4-3-5-7-12/h3-7,11H,8-10H2,1-2H3,(H,17,22)/t11-/m0/s1. The van der Waals surface area contributed by atoms with E-state index in [-0.39, 0.29) is 29.2 Å². The zero-order chi connectivity index (χ0) is 16.4. The van der Waals surface area contributed by atoms with Crippen LogP contribution in [0, 0.1) is 0 Å². The molecule has 0 fully saturated rings. The molecule has 1 atom stereocenters. The predicted molar refractivity (Wildman–Crippen MR) is 84.1 cm³/mol. The maximum absolute atomic E-state index is 12.6. The molecule has 0 bridgehead atoms. The summed E-state index contributed by atoms with van der Waals surface area (Å²) < 4.78 is 1.50. The molecule has 1 aliphatic heterocycles. The largest absolute Gasteiger partial charge is 0.346 e. The van der Waals surface area contributed by atoms with E-state index in [4.69, 9.17) is 0 Å². The number of hydrogen-bond acceptors (Lipinski definition) is 4. The number of fused-ring (bicyclic) bond motifs is 1. The van der Waals surface area contributed by atoms with Crippen molar-refractivity contribution >= 4 is 11.8 Å². The van der Waals surface area contributed by atoms with Crippen LogP contribution in [-0.2, 0) is 13.0 Å². The zero-order valence-electron chi connectivity index (χ0n) is 13.2. The number of likely N-dealkylation sites (N-methyl/N-ethyl adjacent to an activating group) is 1. The van der Waals surface area contributed by atoms with Gasteiger partial charge in [0.05, 0.1) is 6.54 Å². The topological polar surface area (TPSA) is 80.1 Å². The molecular formula is C16H19N5O2. The number of benzene rings is 1. The maximum atomic E-state index is 12.6. The van der Waals surface area contributed by atoms with Gasteiger partial charge in [-0.1, -0.05) is 35.5 Å². The van der Waals surface area contributed by atoms with Gasteiger partial charge in [0.2, 0.25) is 0 Å². The van der Waals surface area contributed by atoms with Crippen molar-refractivity contribution in [2.75, 3.05) is 13.6 Å². The van der Waals surface area contributed by atoms with E-state index < -0.39 is 0 Å². The molecular weight excluding hydrogens is 294 g/mol. The van der Waals surface area contributed by atoms with Crippen LogP contribution in [-0.4, -0.2) is 51.3 Å². The first kappa shape index (κ1) is 15.2. The van der Waals surface area contributed by atoms with Gasteiger partial charge < -0.3 is 10.2 Å². The van der Waals surface area contributed by atoms with Crippen molar-refractivity contribution in [2.45, 2.75) is 25.9 Å². The highest BCUT2D eigenvalue weighted by atomic mass is 16.2. The molecule has 0 unspecified atom stereocenters. The Morgan fingerprint density at radius 3 is 2.87 bits per heavy atom. The Kier molecular flexibility index (Phi) is 4.10. The van der Waals surface area contributed by atoms with Gasteiger partial charge in [0, 0.05) is 19.6 Å². The Balaban J connectivity index is 1.72. The first-order valence-corrected chi connectivity index (χ1v) is 7.60. The predicted octanol–water partition coefficient (Wildman–Crippen LogP) is 0.725. The highest BCUT2D eigenvalue weighted by molar-refractivity contribution is 6.05. The van der Waals surface area contributed by atoms with Crippen molar-refractivity contribution in [3.8, 4) is 0 Å². The molecule has 1 aliphatic rings. The average molecular weight is 313 g/mol. The molecule has 0 saturated heterocycles. The third kappa shape index (κ3) is 3.08. The van der Waals surface area contributed by atoms with E-state index in [1.807, 2.05) is 37.3 Å². The van der Waals surface area contributed by atoms with Gasteiger partial charge in [-0.3, -0.25) is 9.59 Å². The van der Waals surface area contributed by atoms with Gasteiger partial charge >= 0.3 is 0 Å². The molecule has 2 heterocycles. The Morgan fingerprint density at radius 2 is 2.13 bits per heavy atom. The third-order valence-electron chi connectivity index (χ3n) is 3.90. The van der Waals surface area contributed by atoms with Gasteiger partial charge in [0.1, 0.15) is 0 Å². The second-order valence-corrected chi connectivity index (χ2v) is 5.81. The monoisotopic (exact) mass is 313 g/mol. The molecule has 0 spiro atoms. The van der Waals surface area contributed by atoms with Crippen LogP contribution >= 0.6 is 0 Å². The second kappa shape index (κ2) is 6.20. The Bertz CT molecular complexity index is 725. The van der Waals surface area contributed by atoms with Crippen LogP contribution in [0.5, 0.6) is 0 Å². The van der Waals surface area contributed by atoms with Crippen molar-refractivity contribution in [1.82, 2.24) is 25.2 Å². The summed E-state index contributed by atoms with van der Waals surface area (Å²) in [5.41, 5.74) is 1.52. The number of nitrogens with one attached hydrogen (secondary N) is 1. The first-order chi connectivity index (χ1) is 11.1. The van der Waals surface area contributed by atoms with Crippen molar-refractivity contribution < 1.29 is 9.59 Å². The second-order valence-electron chi connectivity index (χ2n) is 5.81. The van der Waals surface area contributed by atoms with E-state index in [1.165, 1.54) is 4.68 Å². The number of carbonyl (C=O) groups excluding carboxylic acids is 2. The fourth-order valence-corrected chi connectivity index (χ4v) is 2.63. The summed E-state index contributed by atoms with van der Waals surface area (Å²) in [7, 11) is 1.71. The normalized spacial score (nSPS) is 16.6. The molecule has 1 N–H and O–H groups in total. The Hall–Kier alpha value is -2.70. The quantitative estimate of drug-likeness (QED) is 0.902. The number of amides is 2. The molecule has 0 radical (unpaired) electrons. The molecule has 7 nitrogen and oxygen atoms in total. The number of hydrogen-bond donors (Lipinski definition) is 1. The maximum Gasteiger partial charge on any atom is 0.276 e. The molecule has 0 aliphatic carbocycles. The summed E-state index contributed by atoms with van der Waals surface area (Å²) >= 11 is 0. The van der Waals surface area contributed by atoms with E-state index in [2.05, 4.69) is 15.6 Å². The number of aromatic nitrogens is 3. The first-order valence-electron chi connectivity index (χ1n) is 7.60. The van der Waals surface area contributed by atoms with Crippen molar-refractivity contribution in [2.24, 2.45) is 0 Å². The van der Waals surface area contributed by atoms with Gasteiger partial charge in [0.25, 0.3) is 11.8 Å². The summed E-state index contributed by atoms with van der Waals surface area (Å²) in [5.74, 6) is -0.583. The van der Waals surface area contributed by atoms with Gasteiger partial charge in [-0.25, -0.2) is 4.68 Å². The zero-order valence-corrected chi connectivity index (χ0v) is 13.2. The van der Waals surface area contributed by atoms with E-state index in [0.29, 0.717) is 13.1 Å². The lowest BCUT2D eigenvalue weighted by Gasteiger charge is -2.21. The molecule has 0 saturated carbocycles. The molecule has 2 aromatic rings. The van der Waals surface area contributed by atoms with E-state index in [1.54, 1.807) is 11.9 Å². The average Bonchev–Trinajstić information content (AvgIpc) is 2.96. The van der Waals surface area contributed by atoms with E-state index in [9.17, 15) is 9.59 Å². The van der Waals surface area contributed by atoms with Crippen LogP contribution in [0.15, 0.2) is 30.3 Å². The third-order valence-corrected chi connectivity index (χ3v) is 3.90. The van der Waals surface area contributed by atoms with E-state index in [0.717, 1.165) is 12.0 Å². The summed E-state index contributed by atoms with van der Waals surface area (Å²) in [6.45, 7) is 2.96. The van der Waals surface area contributed by atoms with Crippen molar-refractivity contribution in [3.63, 3.8) is 0 Å². The molecule has 1 aromatic carbocycles. The van der Waals surface area contributed by atoms with Crippen LogP contribution in [0.25, 0.3) is 0 Å². The summed E-state index contributed by atoms with van der Waals surface area (Å²) in [5, 5.41) is 10.7.